The van der Waals surface area contributed by atoms with Crippen molar-refractivity contribution in [3.8, 4) is 0 Å². The van der Waals surface area contributed by atoms with Crippen molar-refractivity contribution in [2.45, 2.75) is 51.1 Å². The van der Waals surface area contributed by atoms with E-state index >= 15 is 0 Å². The number of carbonyl (C=O) groups is 1. The summed E-state index contributed by atoms with van der Waals surface area (Å²) >= 11 is 1.75. The van der Waals surface area contributed by atoms with Crippen LogP contribution in [0.2, 0.25) is 0 Å². The third-order valence-corrected chi connectivity index (χ3v) is 6.10. The number of benzene rings is 1. The number of amides is 1. The van der Waals surface area contributed by atoms with E-state index in [-0.39, 0.29) is 23.4 Å². The van der Waals surface area contributed by atoms with Gasteiger partial charge < -0.3 is 11.1 Å². The fourth-order valence-electron chi connectivity index (χ4n) is 3.39. The second kappa shape index (κ2) is 6.01. The number of hydrogen-bond donors (Lipinski definition) is 2. The maximum atomic E-state index is 12.6. The lowest BCUT2D eigenvalue weighted by Crippen LogP contribution is -2.53. The molecule has 1 aromatic carbocycles. The molecule has 0 aliphatic heterocycles. The lowest BCUT2D eigenvalue weighted by molar-refractivity contribution is -0.128. The Morgan fingerprint density at radius 1 is 1.41 bits per heavy atom. The van der Waals surface area contributed by atoms with Gasteiger partial charge in [0, 0.05) is 15.1 Å². The second-order valence-electron chi connectivity index (χ2n) is 6.72. The Balaban J connectivity index is 1.73. The Morgan fingerprint density at radius 3 is 2.91 bits per heavy atom. The van der Waals surface area contributed by atoms with E-state index in [1.54, 1.807) is 11.3 Å². The first-order valence-corrected chi connectivity index (χ1v) is 8.87. The fraction of sp³-hybridized carbons (Fsp3) is 0.500. The zero-order chi connectivity index (χ0) is 15.7. The van der Waals surface area contributed by atoms with E-state index in [4.69, 9.17) is 5.73 Å². The van der Waals surface area contributed by atoms with Crippen LogP contribution in [0.5, 0.6) is 0 Å². The zero-order valence-electron chi connectivity index (χ0n) is 13.3. The minimum absolute atomic E-state index is 0.0302. The molecule has 0 bridgehead atoms. The zero-order valence-corrected chi connectivity index (χ0v) is 14.1. The molecule has 0 spiro atoms. The van der Waals surface area contributed by atoms with Gasteiger partial charge in [-0.05, 0) is 44.2 Å². The molecule has 4 heteroatoms. The van der Waals surface area contributed by atoms with E-state index in [1.807, 2.05) is 19.1 Å². The molecule has 2 aromatic rings. The van der Waals surface area contributed by atoms with E-state index in [1.165, 1.54) is 15.0 Å². The highest BCUT2D eigenvalue weighted by atomic mass is 32.1. The van der Waals surface area contributed by atoms with E-state index in [0.717, 1.165) is 25.7 Å². The number of thiophene rings is 1. The Morgan fingerprint density at radius 2 is 2.18 bits per heavy atom. The standard InChI is InChI=1S/C18H24N2OS/c1-12(16-11-13-7-3-4-9-15(13)22-16)20-17(21)14-8-5-6-10-18(14,2)19/h3-4,7,9,11-12,14H,5-6,8,10,19H2,1-2H3,(H,20,21). The van der Waals surface area contributed by atoms with Crippen molar-refractivity contribution < 1.29 is 4.79 Å². The molecule has 3 N–H and O–H groups in total. The molecule has 1 fully saturated rings. The smallest absolute Gasteiger partial charge is 0.225 e. The van der Waals surface area contributed by atoms with Crippen LogP contribution in [-0.4, -0.2) is 11.4 Å². The van der Waals surface area contributed by atoms with Crippen molar-refractivity contribution in [1.29, 1.82) is 0 Å². The molecular weight excluding hydrogens is 292 g/mol. The van der Waals surface area contributed by atoms with E-state index < -0.39 is 0 Å². The van der Waals surface area contributed by atoms with Gasteiger partial charge in [0.25, 0.3) is 0 Å². The third-order valence-electron chi connectivity index (χ3n) is 4.80. The number of nitrogens with one attached hydrogen (secondary N) is 1. The summed E-state index contributed by atoms with van der Waals surface area (Å²) in [6.07, 6.45) is 4.06. The highest BCUT2D eigenvalue weighted by molar-refractivity contribution is 7.19. The Kier molecular flexibility index (Phi) is 4.24. The van der Waals surface area contributed by atoms with Gasteiger partial charge in [-0.1, -0.05) is 31.0 Å². The summed E-state index contributed by atoms with van der Waals surface area (Å²) in [7, 11) is 0. The molecular formula is C18H24N2OS. The molecule has 1 saturated carbocycles. The van der Waals surface area contributed by atoms with Gasteiger partial charge in [0.2, 0.25) is 5.91 Å². The maximum Gasteiger partial charge on any atom is 0.225 e. The number of fused-ring (bicyclic) bond motifs is 1. The van der Waals surface area contributed by atoms with Crippen molar-refractivity contribution >= 4 is 27.3 Å². The summed E-state index contributed by atoms with van der Waals surface area (Å²) in [5.41, 5.74) is 5.97. The van der Waals surface area contributed by atoms with Gasteiger partial charge in [0.15, 0.2) is 0 Å². The lowest BCUT2D eigenvalue weighted by Gasteiger charge is -2.37. The normalized spacial score (nSPS) is 26.8. The van der Waals surface area contributed by atoms with Crippen LogP contribution in [0, 0.1) is 5.92 Å². The molecule has 1 aromatic heterocycles. The average molecular weight is 316 g/mol. The topological polar surface area (TPSA) is 55.1 Å². The van der Waals surface area contributed by atoms with Crippen molar-refractivity contribution in [3.05, 3.63) is 35.2 Å². The van der Waals surface area contributed by atoms with Crippen LogP contribution in [0.4, 0.5) is 0 Å². The van der Waals surface area contributed by atoms with Crippen LogP contribution >= 0.6 is 11.3 Å². The molecule has 1 heterocycles. The molecule has 118 valence electrons. The Bertz CT molecular complexity index is 644. The van der Waals surface area contributed by atoms with E-state index in [2.05, 4.69) is 30.4 Å². The predicted molar refractivity (Wildman–Crippen MR) is 92.9 cm³/mol. The van der Waals surface area contributed by atoms with Crippen LogP contribution in [-0.2, 0) is 4.79 Å². The molecule has 1 amide bonds. The number of rotatable bonds is 3. The molecule has 1 aliphatic rings. The summed E-state index contributed by atoms with van der Waals surface area (Å²) < 4.78 is 1.26. The SMILES string of the molecule is CC(NC(=O)C1CCCCC1(C)N)c1cc2ccccc2s1. The molecule has 0 radical (unpaired) electrons. The molecule has 3 nitrogen and oxygen atoms in total. The van der Waals surface area contributed by atoms with Gasteiger partial charge in [-0.2, -0.15) is 0 Å². The highest BCUT2D eigenvalue weighted by Gasteiger charge is 2.38. The summed E-state index contributed by atoms with van der Waals surface area (Å²) in [5.74, 6) is 0.0349. The lowest BCUT2D eigenvalue weighted by atomic mass is 9.74. The van der Waals surface area contributed by atoms with Crippen molar-refractivity contribution in [3.63, 3.8) is 0 Å². The van der Waals surface area contributed by atoms with Gasteiger partial charge in [-0.15, -0.1) is 11.3 Å². The largest absolute Gasteiger partial charge is 0.348 e. The summed E-state index contributed by atoms with van der Waals surface area (Å²) in [6.45, 7) is 4.07. The first-order chi connectivity index (χ1) is 10.5. The van der Waals surface area contributed by atoms with E-state index in [0.29, 0.717) is 0 Å². The molecule has 22 heavy (non-hydrogen) atoms. The molecule has 0 saturated heterocycles. The van der Waals surface area contributed by atoms with Crippen LogP contribution in [0.15, 0.2) is 30.3 Å². The first kappa shape index (κ1) is 15.5. The van der Waals surface area contributed by atoms with Crippen LogP contribution < -0.4 is 11.1 Å². The van der Waals surface area contributed by atoms with Gasteiger partial charge in [-0.25, -0.2) is 0 Å². The van der Waals surface area contributed by atoms with E-state index in [9.17, 15) is 4.79 Å². The predicted octanol–water partition coefficient (Wildman–Crippen LogP) is 3.99. The first-order valence-electron chi connectivity index (χ1n) is 8.05. The Hall–Kier alpha value is -1.39. The van der Waals surface area contributed by atoms with Crippen molar-refractivity contribution in [1.82, 2.24) is 5.32 Å². The van der Waals surface area contributed by atoms with Gasteiger partial charge in [-0.3, -0.25) is 4.79 Å². The molecule has 3 unspecified atom stereocenters. The second-order valence-corrected chi connectivity index (χ2v) is 7.84. The monoisotopic (exact) mass is 316 g/mol. The minimum atomic E-state index is -0.373. The molecule has 1 aliphatic carbocycles. The minimum Gasteiger partial charge on any atom is -0.348 e. The molecule has 3 rings (SSSR count). The van der Waals surface area contributed by atoms with Crippen molar-refractivity contribution in [2.75, 3.05) is 0 Å². The number of hydrogen-bond acceptors (Lipinski definition) is 3. The van der Waals surface area contributed by atoms with Gasteiger partial charge >= 0.3 is 0 Å². The molecule has 3 atom stereocenters. The van der Waals surface area contributed by atoms with Gasteiger partial charge in [0.05, 0.1) is 12.0 Å². The highest BCUT2D eigenvalue weighted by Crippen LogP contribution is 2.33. The summed E-state index contributed by atoms with van der Waals surface area (Å²) in [6, 6.07) is 10.5. The van der Waals surface area contributed by atoms with Crippen molar-refractivity contribution in [2.24, 2.45) is 11.7 Å². The fourth-order valence-corrected chi connectivity index (χ4v) is 4.46. The van der Waals surface area contributed by atoms with Crippen LogP contribution in [0.3, 0.4) is 0 Å². The Labute approximate surface area is 135 Å². The maximum absolute atomic E-state index is 12.6. The number of nitrogens with two attached hydrogens (primary N) is 1. The van der Waals surface area contributed by atoms with Crippen LogP contribution in [0.1, 0.15) is 50.4 Å². The summed E-state index contributed by atoms with van der Waals surface area (Å²) in [4.78, 5) is 13.8. The quantitative estimate of drug-likeness (QED) is 0.899. The average Bonchev–Trinajstić information content (AvgIpc) is 2.90. The van der Waals surface area contributed by atoms with Crippen LogP contribution in [0.25, 0.3) is 10.1 Å². The summed E-state index contributed by atoms with van der Waals surface area (Å²) in [5, 5.41) is 4.41. The number of carbonyl (C=O) groups excluding carboxylic acids is 1. The third kappa shape index (κ3) is 3.03. The van der Waals surface area contributed by atoms with Gasteiger partial charge in [0.1, 0.15) is 0 Å².